The molecule has 0 aliphatic heterocycles. The summed E-state index contributed by atoms with van der Waals surface area (Å²) in [6, 6.07) is 0. The first kappa shape index (κ1) is 14.7. The predicted molar refractivity (Wildman–Crippen MR) is 57.5 cm³/mol. The molecule has 0 spiro atoms. The maximum absolute atomic E-state index is 8.52. The van der Waals surface area contributed by atoms with Crippen molar-refractivity contribution in [2.45, 2.75) is 41.2 Å². The van der Waals surface area contributed by atoms with Crippen molar-refractivity contribution in [3.8, 4) is 0 Å². The van der Waals surface area contributed by atoms with Gasteiger partial charge in [-0.25, -0.2) is 4.89 Å². The van der Waals surface area contributed by atoms with E-state index in [4.69, 9.17) is 5.26 Å². The van der Waals surface area contributed by atoms with E-state index in [-0.39, 0.29) is 25.2 Å². The minimum Gasteiger partial charge on any atom is -0.251 e. The fourth-order valence-corrected chi connectivity index (χ4v) is 1.86. The van der Waals surface area contributed by atoms with E-state index in [1.54, 1.807) is 0 Å². The number of benzene rings is 1. The van der Waals surface area contributed by atoms with Crippen LogP contribution < -0.4 is 0 Å². The van der Waals surface area contributed by atoms with Gasteiger partial charge in [-0.1, -0.05) is 0 Å². The van der Waals surface area contributed by atoms with Crippen LogP contribution in [0.15, 0.2) is 0 Å². The monoisotopic (exact) mass is 245 g/mol. The second-order valence-corrected chi connectivity index (χ2v) is 3.88. The van der Waals surface area contributed by atoms with E-state index in [0.29, 0.717) is 0 Å². The molecular formula is C12H18O2V. The third kappa shape index (κ3) is 2.64. The Labute approximate surface area is 103 Å². The fraction of sp³-hybridized carbons (Fsp3) is 0.500. The maximum atomic E-state index is 8.52. The van der Waals surface area contributed by atoms with E-state index in [1.807, 2.05) is 0 Å². The largest absolute Gasteiger partial charge is 0.251 e. The molecule has 0 saturated heterocycles. The molecule has 0 aromatic heterocycles. The van der Waals surface area contributed by atoms with Crippen molar-refractivity contribution in [1.29, 1.82) is 0 Å². The van der Waals surface area contributed by atoms with E-state index in [0.717, 1.165) is 5.56 Å². The van der Waals surface area contributed by atoms with E-state index >= 15 is 0 Å². The normalized spacial score (nSPS) is 10.0. The zero-order chi connectivity index (χ0) is 10.9. The van der Waals surface area contributed by atoms with Gasteiger partial charge in [0, 0.05) is 18.6 Å². The average molecular weight is 245 g/mol. The topological polar surface area (TPSA) is 29.5 Å². The standard InChI is InChI=1S/C12H18O2.V/c1-7-8(2)10(4)12(6-14-13)11(5)9(7)3;/h13H,6H2,1-5H3;. The first-order valence-electron chi connectivity index (χ1n) is 4.82. The van der Waals surface area contributed by atoms with Crippen LogP contribution >= 0.6 is 0 Å². The molecule has 15 heavy (non-hydrogen) atoms. The molecule has 1 N–H and O–H groups in total. The molecule has 0 heterocycles. The summed E-state index contributed by atoms with van der Waals surface area (Å²) >= 11 is 0. The van der Waals surface area contributed by atoms with Crippen LogP contribution in [-0.2, 0) is 30.1 Å². The zero-order valence-electron chi connectivity index (χ0n) is 10.0. The van der Waals surface area contributed by atoms with Gasteiger partial charge in [0.1, 0.15) is 6.61 Å². The SMILES string of the molecule is Cc1c(C)c(C)c(COO)c(C)c1C.[V]. The molecule has 83 valence electrons. The van der Waals surface area contributed by atoms with Crippen molar-refractivity contribution in [3.05, 3.63) is 33.4 Å². The number of rotatable bonds is 2. The van der Waals surface area contributed by atoms with E-state index in [9.17, 15) is 0 Å². The van der Waals surface area contributed by atoms with Crippen molar-refractivity contribution >= 4 is 0 Å². The molecule has 0 unspecified atom stereocenters. The molecule has 1 rings (SSSR count). The molecule has 1 aromatic rings. The van der Waals surface area contributed by atoms with Crippen LogP contribution in [0, 0.1) is 34.6 Å². The summed E-state index contributed by atoms with van der Waals surface area (Å²) in [7, 11) is 0. The van der Waals surface area contributed by atoms with Gasteiger partial charge in [-0.05, 0) is 68.0 Å². The van der Waals surface area contributed by atoms with Gasteiger partial charge in [-0.2, -0.15) is 0 Å². The molecule has 0 saturated carbocycles. The molecule has 2 nitrogen and oxygen atoms in total. The Hall–Kier alpha value is -0.276. The quantitative estimate of drug-likeness (QED) is 0.640. The molecule has 0 atom stereocenters. The second kappa shape index (κ2) is 5.71. The Morgan fingerprint density at radius 1 is 0.800 bits per heavy atom. The van der Waals surface area contributed by atoms with E-state index in [1.165, 1.54) is 27.8 Å². The van der Waals surface area contributed by atoms with Gasteiger partial charge in [0.2, 0.25) is 0 Å². The summed E-state index contributed by atoms with van der Waals surface area (Å²) in [6.45, 7) is 10.8. The smallest absolute Gasteiger partial charge is 0.108 e. The minimum absolute atomic E-state index is 0. The second-order valence-electron chi connectivity index (χ2n) is 3.88. The summed E-state index contributed by atoms with van der Waals surface area (Å²) in [6.07, 6.45) is 0. The summed E-state index contributed by atoms with van der Waals surface area (Å²) in [5.74, 6) is 0. The molecule has 0 bridgehead atoms. The van der Waals surface area contributed by atoms with Crippen LogP contribution in [0.4, 0.5) is 0 Å². The number of hydrogen-bond donors (Lipinski definition) is 1. The van der Waals surface area contributed by atoms with Crippen LogP contribution in [0.1, 0.15) is 33.4 Å². The van der Waals surface area contributed by atoms with Crippen molar-refractivity contribution < 1.29 is 28.7 Å². The molecule has 0 amide bonds. The third-order valence-electron chi connectivity index (χ3n) is 3.36. The van der Waals surface area contributed by atoms with Gasteiger partial charge in [0.15, 0.2) is 0 Å². The van der Waals surface area contributed by atoms with Gasteiger partial charge in [0.25, 0.3) is 0 Å². The predicted octanol–water partition coefficient (Wildman–Crippen LogP) is 3.22. The Balaban J connectivity index is 0.00000196. The molecule has 3 heteroatoms. The minimum atomic E-state index is 0. The fourth-order valence-electron chi connectivity index (χ4n) is 1.86. The van der Waals surface area contributed by atoms with Crippen LogP contribution in [-0.4, -0.2) is 5.26 Å². The molecule has 0 aliphatic carbocycles. The Bertz CT molecular complexity index is 330. The van der Waals surface area contributed by atoms with Crippen molar-refractivity contribution in [2.24, 2.45) is 0 Å². The zero-order valence-corrected chi connectivity index (χ0v) is 11.4. The van der Waals surface area contributed by atoms with Crippen molar-refractivity contribution in [1.82, 2.24) is 0 Å². The molecule has 1 radical (unpaired) electrons. The Kier molecular flexibility index (Phi) is 5.61. The summed E-state index contributed by atoms with van der Waals surface area (Å²) in [4.78, 5) is 4.24. The summed E-state index contributed by atoms with van der Waals surface area (Å²) in [5.41, 5.74) is 7.47. The molecule has 0 aliphatic rings. The summed E-state index contributed by atoms with van der Waals surface area (Å²) in [5, 5.41) is 8.52. The Morgan fingerprint density at radius 3 is 1.47 bits per heavy atom. The van der Waals surface area contributed by atoms with Crippen LogP contribution in [0.25, 0.3) is 0 Å². The van der Waals surface area contributed by atoms with E-state index < -0.39 is 0 Å². The van der Waals surface area contributed by atoms with Gasteiger partial charge in [-0.3, -0.25) is 5.26 Å². The van der Waals surface area contributed by atoms with Crippen LogP contribution in [0.2, 0.25) is 0 Å². The van der Waals surface area contributed by atoms with Crippen LogP contribution in [0.3, 0.4) is 0 Å². The molecule has 1 aromatic carbocycles. The van der Waals surface area contributed by atoms with Gasteiger partial charge in [0.05, 0.1) is 0 Å². The van der Waals surface area contributed by atoms with Crippen molar-refractivity contribution in [2.75, 3.05) is 0 Å². The molecular weight excluding hydrogens is 227 g/mol. The maximum Gasteiger partial charge on any atom is 0.108 e. The molecule has 0 fully saturated rings. The van der Waals surface area contributed by atoms with Crippen molar-refractivity contribution in [3.63, 3.8) is 0 Å². The summed E-state index contributed by atoms with van der Waals surface area (Å²) < 4.78 is 0. The van der Waals surface area contributed by atoms with Gasteiger partial charge >= 0.3 is 0 Å². The average Bonchev–Trinajstić information content (AvgIpc) is 2.19. The van der Waals surface area contributed by atoms with Crippen LogP contribution in [0.5, 0.6) is 0 Å². The first-order chi connectivity index (χ1) is 6.50. The first-order valence-corrected chi connectivity index (χ1v) is 4.82. The van der Waals surface area contributed by atoms with E-state index in [2.05, 4.69) is 39.5 Å². The Morgan fingerprint density at radius 2 is 1.13 bits per heavy atom. The number of hydrogen-bond acceptors (Lipinski definition) is 2. The third-order valence-corrected chi connectivity index (χ3v) is 3.36. The van der Waals surface area contributed by atoms with Gasteiger partial charge < -0.3 is 0 Å². The van der Waals surface area contributed by atoms with Gasteiger partial charge in [-0.15, -0.1) is 0 Å².